The van der Waals surface area contributed by atoms with E-state index in [0.717, 1.165) is 25.8 Å². The van der Waals surface area contributed by atoms with E-state index < -0.39 is 5.41 Å². The first-order valence-corrected chi connectivity index (χ1v) is 17.5. The normalized spacial score (nSPS) is 11.6. The highest BCUT2D eigenvalue weighted by molar-refractivity contribution is 5.83. The smallest absolute Gasteiger partial charge is 0.227 e. The van der Waals surface area contributed by atoms with Crippen LogP contribution in [0.15, 0.2) is 0 Å². The standard InChI is InChI=1S/C35H70N2O2/c1-5-7-9-11-13-15-17-18-19-20-21-22-24-26-28-30-33(38)37-32-35(3,4)34(39)36-31-29-27-25-23-16-14-12-10-8-6-2/h5-32H2,1-4H3,(H,36,39)(H,37,38). The van der Waals surface area contributed by atoms with Gasteiger partial charge in [-0.05, 0) is 26.7 Å². The largest absolute Gasteiger partial charge is 0.356 e. The monoisotopic (exact) mass is 551 g/mol. The second-order valence-corrected chi connectivity index (χ2v) is 12.8. The molecule has 4 heteroatoms. The van der Waals surface area contributed by atoms with E-state index in [1.165, 1.54) is 141 Å². The molecular formula is C35H70N2O2. The molecule has 2 N–H and O–H groups in total. The third-order valence-electron chi connectivity index (χ3n) is 8.17. The predicted octanol–water partition coefficient (Wildman–Crippen LogP) is 10.4. The number of amides is 2. The molecule has 39 heavy (non-hydrogen) atoms. The van der Waals surface area contributed by atoms with Crippen LogP contribution in [0.3, 0.4) is 0 Å². The van der Waals surface area contributed by atoms with Crippen LogP contribution in [0.25, 0.3) is 0 Å². The Hall–Kier alpha value is -1.06. The van der Waals surface area contributed by atoms with Crippen LogP contribution in [0.1, 0.15) is 195 Å². The fraction of sp³-hybridized carbons (Fsp3) is 0.943. The summed E-state index contributed by atoms with van der Waals surface area (Å²) in [5.41, 5.74) is -0.566. The van der Waals surface area contributed by atoms with E-state index in [2.05, 4.69) is 24.5 Å². The topological polar surface area (TPSA) is 58.2 Å². The molecule has 0 aromatic heterocycles. The third kappa shape index (κ3) is 26.9. The lowest BCUT2D eigenvalue weighted by molar-refractivity contribution is -0.130. The minimum absolute atomic E-state index is 0.0469. The summed E-state index contributed by atoms with van der Waals surface area (Å²) in [4.78, 5) is 24.8. The van der Waals surface area contributed by atoms with Crippen molar-refractivity contribution in [1.29, 1.82) is 0 Å². The number of carbonyl (C=O) groups excluding carboxylic acids is 2. The SMILES string of the molecule is CCCCCCCCCCCCCCCCCC(=O)NCC(C)(C)C(=O)NCCCCCCCCCCCC. The Morgan fingerprint density at radius 1 is 0.462 bits per heavy atom. The first-order chi connectivity index (χ1) is 18.9. The Bertz CT molecular complexity index is 547. The van der Waals surface area contributed by atoms with Crippen molar-refractivity contribution in [3.05, 3.63) is 0 Å². The molecule has 0 aliphatic heterocycles. The molecule has 232 valence electrons. The third-order valence-corrected chi connectivity index (χ3v) is 8.17. The lowest BCUT2D eigenvalue weighted by atomic mass is 9.92. The van der Waals surface area contributed by atoms with E-state index in [4.69, 9.17) is 0 Å². The number of hydrogen-bond acceptors (Lipinski definition) is 2. The highest BCUT2D eigenvalue weighted by Crippen LogP contribution is 2.16. The van der Waals surface area contributed by atoms with Gasteiger partial charge in [-0.1, -0.05) is 162 Å². The second kappa shape index (κ2) is 28.5. The molecule has 0 saturated carbocycles. The summed E-state index contributed by atoms with van der Waals surface area (Å²) in [7, 11) is 0. The molecule has 0 atom stereocenters. The van der Waals surface area contributed by atoms with Gasteiger partial charge in [0.15, 0.2) is 0 Å². The average molecular weight is 551 g/mol. The van der Waals surface area contributed by atoms with Crippen LogP contribution in [0.4, 0.5) is 0 Å². The van der Waals surface area contributed by atoms with Crippen LogP contribution in [-0.4, -0.2) is 24.9 Å². The summed E-state index contributed by atoms with van der Waals surface area (Å²) in [5.74, 6) is 0.131. The zero-order valence-electron chi connectivity index (χ0n) is 27.1. The van der Waals surface area contributed by atoms with Crippen molar-refractivity contribution in [2.45, 2.75) is 195 Å². The van der Waals surface area contributed by atoms with Gasteiger partial charge in [0, 0.05) is 19.5 Å². The molecule has 0 aromatic rings. The van der Waals surface area contributed by atoms with Crippen molar-refractivity contribution in [1.82, 2.24) is 10.6 Å². The van der Waals surface area contributed by atoms with Gasteiger partial charge in [0.2, 0.25) is 11.8 Å². The fourth-order valence-corrected chi connectivity index (χ4v) is 5.20. The van der Waals surface area contributed by atoms with Crippen LogP contribution >= 0.6 is 0 Å². The molecule has 0 heterocycles. The van der Waals surface area contributed by atoms with Gasteiger partial charge in [-0.25, -0.2) is 0 Å². The van der Waals surface area contributed by atoms with E-state index >= 15 is 0 Å². The minimum atomic E-state index is -0.566. The Balaban J connectivity index is 3.54. The zero-order valence-corrected chi connectivity index (χ0v) is 27.1. The van der Waals surface area contributed by atoms with Crippen molar-refractivity contribution < 1.29 is 9.59 Å². The maximum Gasteiger partial charge on any atom is 0.227 e. The first-order valence-electron chi connectivity index (χ1n) is 17.5. The summed E-state index contributed by atoms with van der Waals surface area (Å²) < 4.78 is 0. The van der Waals surface area contributed by atoms with Crippen LogP contribution in [-0.2, 0) is 9.59 Å². The van der Waals surface area contributed by atoms with Crippen LogP contribution in [0.2, 0.25) is 0 Å². The van der Waals surface area contributed by atoms with Crippen molar-refractivity contribution in [2.24, 2.45) is 5.41 Å². The predicted molar refractivity (Wildman–Crippen MR) is 171 cm³/mol. The number of rotatable bonds is 30. The molecule has 0 radical (unpaired) electrons. The van der Waals surface area contributed by atoms with E-state index in [1.807, 2.05) is 13.8 Å². The summed E-state index contributed by atoms with van der Waals surface area (Å²) in [6, 6.07) is 0. The molecule has 0 aliphatic rings. The lowest BCUT2D eigenvalue weighted by Crippen LogP contribution is -2.45. The maximum atomic E-state index is 12.6. The number of unbranched alkanes of at least 4 members (excludes halogenated alkanes) is 23. The second-order valence-electron chi connectivity index (χ2n) is 12.8. The number of carbonyl (C=O) groups is 2. The Labute approximate surface area is 245 Å². The van der Waals surface area contributed by atoms with E-state index in [1.54, 1.807) is 0 Å². The zero-order chi connectivity index (χ0) is 28.9. The van der Waals surface area contributed by atoms with Gasteiger partial charge in [0.05, 0.1) is 5.41 Å². The van der Waals surface area contributed by atoms with Crippen LogP contribution in [0.5, 0.6) is 0 Å². The quantitative estimate of drug-likeness (QED) is 0.0874. The fourth-order valence-electron chi connectivity index (χ4n) is 5.20. The van der Waals surface area contributed by atoms with Gasteiger partial charge in [0.25, 0.3) is 0 Å². The van der Waals surface area contributed by atoms with E-state index in [9.17, 15) is 9.59 Å². The molecule has 4 nitrogen and oxygen atoms in total. The van der Waals surface area contributed by atoms with Crippen molar-refractivity contribution in [3.8, 4) is 0 Å². The van der Waals surface area contributed by atoms with Gasteiger partial charge >= 0.3 is 0 Å². The minimum Gasteiger partial charge on any atom is -0.356 e. The summed E-state index contributed by atoms with van der Waals surface area (Å²) in [6.07, 6.45) is 33.6. The molecule has 0 saturated heterocycles. The van der Waals surface area contributed by atoms with Crippen LogP contribution < -0.4 is 10.6 Å². The summed E-state index contributed by atoms with van der Waals surface area (Å²) in [5, 5.41) is 6.08. The lowest BCUT2D eigenvalue weighted by Gasteiger charge is -2.24. The molecular weight excluding hydrogens is 480 g/mol. The number of nitrogens with one attached hydrogen (secondary N) is 2. The van der Waals surface area contributed by atoms with Crippen molar-refractivity contribution in [2.75, 3.05) is 13.1 Å². The van der Waals surface area contributed by atoms with Gasteiger partial charge in [-0.3, -0.25) is 9.59 Å². The van der Waals surface area contributed by atoms with Gasteiger partial charge in [-0.15, -0.1) is 0 Å². The van der Waals surface area contributed by atoms with E-state index in [0.29, 0.717) is 13.0 Å². The first kappa shape index (κ1) is 37.9. The maximum absolute atomic E-state index is 12.6. The van der Waals surface area contributed by atoms with Crippen LogP contribution in [0, 0.1) is 5.41 Å². The molecule has 2 amide bonds. The van der Waals surface area contributed by atoms with Gasteiger partial charge in [-0.2, -0.15) is 0 Å². The van der Waals surface area contributed by atoms with Crippen molar-refractivity contribution in [3.63, 3.8) is 0 Å². The Kier molecular flexibility index (Phi) is 27.7. The highest BCUT2D eigenvalue weighted by Gasteiger charge is 2.27. The highest BCUT2D eigenvalue weighted by atomic mass is 16.2. The Morgan fingerprint density at radius 2 is 0.795 bits per heavy atom. The summed E-state index contributed by atoms with van der Waals surface area (Å²) in [6.45, 7) is 9.55. The number of hydrogen-bond donors (Lipinski definition) is 2. The molecule has 0 spiro atoms. The average Bonchev–Trinajstić information content (AvgIpc) is 2.92. The van der Waals surface area contributed by atoms with Gasteiger partial charge in [0.1, 0.15) is 0 Å². The molecule has 0 fully saturated rings. The van der Waals surface area contributed by atoms with Gasteiger partial charge < -0.3 is 10.6 Å². The molecule has 0 aliphatic carbocycles. The molecule has 0 aromatic carbocycles. The van der Waals surface area contributed by atoms with Crippen molar-refractivity contribution >= 4 is 11.8 Å². The Morgan fingerprint density at radius 3 is 1.18 bits per heavy atom. The molecule has 0 unspecified atom stereocenters. The molecule has 0 bridgehead atoms. The molecule has 0 rings (SSSR count). The summed E-state index contributed by atoms with van der Waals surface area (Å²) >= 11 is 0. The van der Waals surface area contributed by atoms with E-state index in [-0.39, 0.29) is 11.8 Å².